The number of carbonyl (C=O) groups excluding carboxylic acids is 1. The van der Waals surface area contributed by atoms with Crippen LogP contribution in [0.3, 0.4) is 0 Å². The Balaban J connectivity index is 1.88. The largest absolute Gasteiger partial charge is 0.489 e. The molecular formula is C26H23N5O4. The SMILES string of the molecule is COc1c(C(=O)Nc2cnoc2)nc(C(C)C(c2ccccc2)c2ccccc2C#N)n(C)c1=O. The van der Waals surface area contributed by atoms with Crippen LogP contribution >= 0.6 is 0 Å². The van der Waals surface area contributed by atoms with Crippen molar-refractivity contribution in [3.05, 3.63) is 106 Å². The summed E-state index contributed by atoms with van der Waals surface area (Å²) < 4.78 is 11.4. The molecule has 0 aliphatic rings. The maximum atomic E-state index is 13.2. The Bertz CT molecular complexity index is 1440. The summed E-state index contributed by atoms with van der Waals surface area (Å²) in [7, 11) is 2.90. The van der Waals surface area contributed by atoms with Crippen molar-refractivity contribution < 1.29 is 14.1 Å². The number of benzene rings is 2. The first kappa shape index (κ1) is 23.4. The number of amides is 1. The molecule has 0 saturated carbocycles. The van der Waals surface area contributed by atoms with E-state index in [4.69, 9.17) is 9.26 Å². The first-order valence-electron chi connectivity index (χ1n) is 10.9. The summed E-state index contributed by atoms with van der Waals surface area (Å²) in [6, 6.07) is 19.3. The number of hydrogen-bond donors (Lipinski definition) is 1. The number of ether oxygens (including phenoxy) is 1. The van der Waals surface area contributed by atoms with Crippen molar-refractivity contribution in [2.45, 2.75) is 18.8 Å². The fraction of sp³-hybridized carbons (Fsp3) is 0.192. The number of carbonyl (C=O) groups is 1. The van der Waals surface area contributed by atoms with Crippen LogP contribution in [0.15, 0.2) is 76.4 Å². The Morgan fingerprint density at radius 1 is 1.17 bits per heavy atom. The lowest BCUT2D eigenvalue weighted by Crippen LogP contribution is -2.31. The standard InChI is InChI=1S/C26H23N5O4/c1-16(21(17-9-5-4-6-10-17)20-12-8-7-11-18(20)13-27)24-30-22(23(34-3)26(33)31(24)2)25(32)29-19-14-28-35-15-19/h4-12,14-16,21H,1-3H3,(H,29,32). The second kappa shape index (κ2) is 10.1. The first-order chi connectivity index (χ1) is 17.0. The number of aromatic nitrogens is 3. The molecule has 0 fully saturated rings. The molecule has 176 valence electrons. The number of rotatable bonds is 7. The lowest BCUT2D eigenvalue weighted by molar-refractivity contribution is 0.101. The Morgan fingerprint density at radius 2 is 1.89 bits per heavy atom. The highest BCUT2D eigenvalue weighted by Gasteiger charge is 2.30. The number of nitriles is 1. The summed E-state index contributed by atoms with van der Waals surface area (Å²) in [5, 5.41) is 15.9. The van der Waals surface area contributed by atoms with Crippen LogP contribution in [-0.4, -0.2) is 27.7 Å². The van der Waals surface area contributed by atoms with Crippen LogP contribution in [-0.2, 0) is 7.05 Å². The van der Waals surface area contributed by atoms with Crippen LogP contribution < -0.4 is 15.6 Å². The number of nitrogens with one attached hydrogen (secondary N) is 1. The van der Waals surface area contributed by atoms with Gasteiger partial charge in [0, 0.05) is 18.9 Å². The summed E-state index contributed by atoms with van der Waals surface area (Å²) in [5.41, 5.74) is 1.94. The van der Waals surface area contributed by atoms with Gasteiger partial charge in [-0.2, -0.15) is 5.26 Å². The molecule has 2 heterocycles. The van der Waals surface area contributed by atoms with Crippen molar-refractivity contribution in [3.8, 4) is 11.8 Å². The summed E-state index contributed by atoms with van der Waals surface area (Å²) in [6.07, 6.45) is 2.60. The van der Waals surface area contributed by atoms with Crippen LogP contribution in [0.5, 0.6) is 5.75 Å². The van der Waals surface area contributed by atoms with E-state index in [-0.39, 0.29) is 17.4 Å². The lowest BCUT2D eigenvalue weighted by Gasteiger charge is -2.27. The highest BCUT2D eigenvalue weighted by atomic mass is 16.5. The second-order valence-electron chi connectivity index (χ2n) is 7.96. The lowest BCUT2D eigenvalue weighted by atomic mass is 9.79. The summed E-state index contributed by atoms with van der Waals surface area (Å²) in [6.45, 7) is 1.92. The first-order valence-corrected chi connectivity index (χ1v) is 10.9. The van der Waals surface area contributed by atoms with Gasteiger partial charge in [-0.3, -0.25) is 14.2 Å². The van der Waals surface area contributed by atoms with Gasteiger partial charge < -0.3 is 14.6 Å². The van der Waals surface area contributed by atoms with Gasteiger partial charge in [-0.25, -0.2) is 4.98 Å². The molecule has 2 unspecified atom stereocenters. The monoisotopic (exact) mass is 469 g/mol. The Morgan fingerprint density at radius 3 is 2.54 bits per heavy atom. The smallest absolute Gasteiger partial charge is 0.296 e. The third-order valence-electron chi connectivity index (χ3n) is 5.88. The molecule has 0 spiro atoms. The van der Waals surface area contributed by atoms with Crippen LogP contribution in [0.4, 0.5) is 5.69 Å². The molecule has 9 heteroatoms. The molecule has 0 radical (unpaired) electrons. The maximum absolute atomic E-state index is 13.2. The van der Waals surface area contributed by atoms with Crippen LogP contribution in [0.25, 0.3) is 0 Å². The second-order valence-corrected chi connectivity index (χ2v) is 7.96. The highest BCUT2D eigenvalue weighted by Crippen LogP contribution is 2.39. The van der Waals surface area contributed by atoms with E-state index in [0.29, 0.717) is 17.1 Å². The van der Waals surface area contributed by atoms with E-state index >= 15 is 0 Å². The zero-order valence-corrected chi connectivity index (χ0v) is 19.4. The van der Waals surface area contributed by atoms with Crippen LogP contribution in [0, 0.1) is 11.3 Å². The van der Waals surface area contributed by atoms with E-state index in [0.717, 1.165) is 11.1 Å². The van der Waals surface area contributed by atoms with E-state index in [1.807, 2.05) is 55.5 Å². The average Bonchev–Trinajstić information content (AvgIpc) is 3.39. The van der Waals surface area contributed by atoms with Crippen LogP contribution in [0.2, 0.25) is 0 Å². The predicted molar refractivity (Wildman–Crippen MR) is 128 cm³/mol. The predicted octanol–water partition coefficient (Wildman–Crippen LogP) is 3.84. The molecule has 0 aliphatic heterocycles. The molecule has 1 N–H and O–H groups in total. The Hall–Kier alpha value is -4.71. The molecule has 0 aliphatic carbocycles. The van der Waals surface area contributed by atoms with E-state index in [9.17, 15) is 14.9 Å². The van der Waals surface area contributed by atoms with Crippen molar-refractivity contribution in [2.24, 2.45) is 7.05 Å². The van der Waals surface area contributed by atoms with Crippen molar-refractivity contribution >= 4 is 11.6 Å². The van der Waals surface area contributed by atoms with Gasteiger partial charge in [0.1, 0.15) is 17.8 Å². The van der Waals surface area contributed by atoms with Gasteiger partial charge in [0.25, 0.3) is 11.5 Å². The molecule has 0 saturated heterocycles. The van der Waals surface area contributed by atoms with Gasteiger partial charge in [-0.05, 0) is 17.2 Å². The van der Waals surface area contributed by atoms with Gasteiger partial charge in [0.05, 0.1) is 24.9 Å². The molecular weight excluding hydrogens is 446 g/mol. The van der Waals surface area contributed by atoms with Gasteiger partial charge in [0.15, 0.2) is 5.69 Å². The molecule has 2 aromatic heterocycles. The van der Waals surface area contributed by atoms with E-state index in [2.05, 4.69) is 21.5 Å². The van der Waals surface area contributed by atoms with Crippen molar-refractivity contribution in [1.29, 1.82) is 5.26 Å². The van der Waals surface area contributed by atoms with E-state index in [1.54, 1.807) is 13.1 Å². The van der Waals surface area contributed by atoms with Gasteiger partial charge in [0.2, 0.25) is 5.75 Å². The Labute approximate surface area is 201 Å². The van der Waals surface area contributed by atoms with Gasteiger partial charge in [-0.1, -0.05) is 60.6 Å². The number of anilines is 1. The third kappa shape index (κ3) is 4.54. The van der Waals surface area contributed by atoms with E-state index < -0.39 is 17.4 Å². The van der Waals surface area contributed by atoms with Crippen molar-refractivity contribution in [1.82, 2.24) is 14.7 Å². The normalized spacial score (nSPS) is 12.4. The zero-order valence-electron chi connectivity index (χ0n) is 19.4. The maximum Gasteiger partial charge on any atom is 0.296 e. The summed E-state index contributed by atoms with van der Waals surface area (Å²) in [4.78, 5) is 30.8. The fourth-order valence-electron chi connectivity index (χ4n) is 4.22. The highest BCUT2D eigenvalue weighted by molar-refractivity contribution is 6.04. The van der Waals surface area contributed by atoms with Crippen molar-refractivity contribution in [2.75, 3.05) is 12.4 Å². The summed E-state index contributed by atoms with van der Waals surface area (Å²) >= 11 is 0. The molecule has 4 aromatic rings. The minimum Gasteiger partial charge on any atom is -0.489 e. The fourth-order valence-corrected chi connectivity index (χ4v) is 4.22. The average molecular weight is 470 g/mol. The minimum absolute atomic E-state index is 0.154. The molecule has 4 rings (SSSR count). The summed E-state index contributed by atoms with van der Waals surface area (Å²) in [5.74, 6) is -1.14. The topological polar surface area (TPSA) is 123 Å². The molecule has 2 atom stereocenters. The molecule has 1 amide bonds. The number of nitrogens with zero attached hydrogens (tertiary/aromatic N) is 4. The Kier molecular flexibility index (Phi) is 6.73. The van der Waals surface area contributed by atoms with E-state index in [1.165, 1.54) is 24.1 Å². The van der Waals surface area contributed by atoms with Crippen molar-refractivity contribution in [3.63, 3.8) is 0 Å². The molecule has 9 nitrogen and oxygen atoms in total. The quantitative estimate of drug-likeness (QED) is 0.436. The molecule has 2 aromatic carbocycles. The molecule has 0 bridgehead atoms. The number of hydrogen-bond acceptors (Lipinski definition) is 7. The van der Waals surface area contributed by atoms with Crippen LogP contribution in [0.1, 0.15) is 51.8 Å². The third-order valence-corrected chi connectivity index (χ3v) is 5.88. The number of methoxy groups -OCH3 is 1. The zero-order chi connectivity index (χ0) is 24.9. The van der Waals surface area contributed by atoms with Gasteiger partial charge in [-0.15, -0.1) is 0 Å². The molecule has 35 heavy (non-hydrogen) atoms. The van der Waals surface area contributed by atoms with Gasteiger partial charge >= 0.3 is 0 Å². The minimum atomic E-state index is -0.634.